The molecule has 6 heteroatoms. The van der Waals surface area contributed by atoms with Crippen molar-refractivity contribution in [2.75, 3.05) is 0 Å². The normalized spacial score (nSPS) is 13.2. The van der Waals surface area contributed by atoms with E-state index < -0.39 is 0 Å². The summed E-state index contributed by atoms with van der Waals surface area (Å²) in [6, 6.07) is 116. The Labute approximate surface area is 620 Å². The lowest BCUT2D eigenvalue weighted by atomic mass is 9.79. The van der Waals surface area contributed by atoms with Crippen molar-refractivity contribution in [1.82, 2.24) is 28.2 Å². The van der Waals surface area contributed by atoms with E-state index in [1.54, 1.807) is 0 Å². The number of pyridine rings is 3. The second kappa shape index (κ2) is 24.0. The highest BCUT2D eigenvalue weighted by Crippen LogP contribution is 2.56. The SMILES string of the molecule is CC1(C)c2ccccc2-c2cc3c(-c4ccc(-c5cn6ccccc6n5)cc4)c4ccccc4c(-c4ccc(-c5cn6ccccc6n5)cc4)c3cc21.CC1(C)c2ccccc2-c2cc3c(-c4ccc5ccccc5c4)c4cc(-c5ccccc5)ccc4c(-c4ccc(-c5cn6ccccc6n5)cc4)c3cc21. The lowest BCUT2D eigenvalue weighted by Gasteiger charge is -2.24. The lowest BCUT2D eigenvalue weighted by Crippen LogP contribution is -2.14. The first-order valence-corrected chi connectivity index (χ1v) is 37.0. The summed E-state index contributed by atoms with van der Waals surface area (Å²) >= 11 is 0. The van der Waals surface area contributed by atoms with Crippen LogP contribution in [0.25, 0.3) is 182 Å². The van der Waals surface area contributed by atoms with E-state index >= 15 is 0 Å². The third kappa shape index (κ3) is 9.97. The van der Waals surface area contributed by atoms with Crippen molar-refractivity contribution in [3.05, 3.63) is 375 Å². The van der Waals surface area contributed by atoms with Crippen molar-refractivity contribution >= 4 is 70.8 Å². The van der Waals surface area contributed by atoms with Crippen molar-refractivity contribution in [3.63, 3.8) is 0 Å². The molecule has 14 aromatic carbocycles. The van der Waals surface area contributed by atoms with Crippen LogP contribution in [-0.2, 0) is 10.8 Å². The van der Waals surface area contributed by atoms with Gasteiger partial charge in [-0.1, -0.05) is 270 Å². The molecule has 0 unspecified atom stereocenters. The number of fused-ring (bicyclic) bond motifs is 14. The quantitative estimate of drug-likeness (QED) is 0.143. The van der Waals surface area contributed by atoms with Crippen LogP contribution in [-0.4, -0.2) is 28.2 Å². The topological polar surface area (TPSA) is 51.9 Å². The summed E-state index contributed by atoms with van der Waals surface area (Å²) in [6.45, 7) is 9.49. The first-order chi connectivity index (χ1) is 52.5. The molecule has 22 rings (SSSR count). The van der Waals surface area contributed by atoms with Crippen LogP contribution in [0.1, 0.15) is 49.9 Å². The Morgan fingerprint density at radius 1 is 0.215 bits per heavy atom. The fraction of sp³-hybridized carbons (Fsp3) is 0.0594. The Kier molecular flexibility index (Phi) is 13.9. The molecule has 0 saturated heterocycles. The Bertz CT molecular complexity index is 6930. The van der Waals surface area contributed by atoms with Crippen LogP contribution in [0.5, 0.6) is 0 Å². The maximum Gasteiger partial charge on any atom is 0.137 e. The van der Waals surface area contributed by atoms with Crippen LogP contribution in [0.2, 0.25) is 0 Å². The molecule has 0 fully saturated rings. The van der Waals surface area contributed by atoms with Crippen molar-refractivity contribution in [2.24, 2.45) is 0 Å². The largest absolute Gasteiger partial charge is 0.306 e. The molecule has 107 heavy (non-hydrogen) atoms. The van der Waals surface area contributed by atoms with Crippen LogP contribution < -0.4 is 0 Å². The molecule has 6 heterocycles. The zero-order valence-corrected chi connectivity index (χ0v) is 59.7. The van der Waals surface area contributed by atoms with Gasteiger partial charge in [-0.25, -0.2) is 15.0 Å². The first kappa shape index (κ1) is 62.1. The number of nitrogens with zero attached hydrogens (tertiary/aromatic N) is 6. The molecule has 504 valence electrons. The third-order valence-electron chi connectivity index (χ3n) is 23.2. The Morgan fingerprint density at radius 3 is 1.02 bits per heavy atom. The van der Waals surface area contributed by atoms with Gasteiger partial charge >= 0.3 is 0 Å². The zero-order valence-electron chi connectivity index (χ0n) is 59.7. The maximum absolute atomic E-state index is 4.93. The molecule has 0 radical (unpaired) electrons. The van der Waals surface area contributed by atoms with Gasteiger partial charge < -0.3 is 13.2 Å². The first-order valence-electron chi connectivity index (χ1n) is 37.0. The fourth-order valence-electron chi connectivity index (χ4n) is 17.8. The summed E-state index contributed by atoms with van der Waals surface area (Å²) in [5, 5.41) is 12.6. The van der Waals surface area contributed by atoms with E-state index in [2.05, 4.69) is 333 Å². The Hall–Kier alpha value is -13.6. The average molecular weight is 1370 g/mol. The molecular weight excluding hydrogens is 1300 g/mol. The summed E-state index contributed by atoms with van der Waals surface area (Å²) in [5.74, 6) is 0. The fourth-order valence-corrected chi connectivity index (χ4v) is 17.8. The molecule has 2 aliphatic rings. The second-order valence-corrected chi connectivity index (χ2v) is 30.0. The zero-order chi connectivity index (χ0) is 71.2. The molecule has 6 nitrogen and oxygen atoms in total. The Balaban J connectivity index is 0.000000137. The lowest BCUT2D eigenvalue weighted by molar-refractivity contribution is 0.661. The van der Waals surface area contributed by atoms with Gasteiger partial charge in [0.25, 0.3) is 0 Å². The molecule has 2 aliphatic carbocycles. The number of benzene rings is 14. The molecule has 0 N–H and O–H groups in total. The average Bonchev–Trinajstić information content (AvgIpc) is 1.73. The minimum atomic E-state index is -0.125. The summed E-state index contributed by atoms with van der Waals surface area (Å²) < 4.78 is 6.24. The predicted molar refractivity (Wildman–Crippen MR) is 445 cm³/mol. The molecule has 0 aliphatic heterocycles. The molecule has 0 bridgehead atoms. The van der Waals surface area contributed by atoms with E-state index in [-0.39, 0.29) is 10.8 Å². The molecule has 0 saturated carbocycles. The van der Waals surface area contributed by atoms with Gasteiger partial charge in [0.05, 0.1) is 17.1 Å². The molecule has 0 amide bonds. The number of hydrogen-bond donors (Lipinski definition) is 0. The van der Waals surface area contributed by atoms with Gasteiger partial charge in [0.1, 0.15) is 16.9 Å². The number of rotatable bonds is 8. The van der Waals surface area contributed by atoms with Crippen LogP contribution >= 0.6 is 0 Å². The van der Waals surface area contributed by atoms with E-state index in [1.165, 1.54) is 154 Å². The van der Waals surface area contributed by atoms with Gasteiger partial charge in [-0.3, -0.25) is 0 Å². The Morgan fingerprint density at radius 2 is 0.561 bits per heavy atom. The van der Waals surface area contributed by atoms with Gasteiger partial charge in [0, 0.05) is 64.7 Å². The summed E-state index contributed by atoms with van der Waals surface area (Å²) in [5.41, 5.74) is 32.0. The van der Waals surface area contributed by atoms with E-state index in [0.29, 0.717) is 0 Å². The highest BCUT2D eigenvalue weighted by atomic mass is 15.0. The van der Waals surface area contributed by atoms with E-state index in [4.69, 9.17) is 15.0 Å². The second-order valence-electron chi connectivity index (χ2n) is 30.0. The molecule has 0 spiro atoms. The number of hydrogen-bond acceptors (Lipinski definition) is 3. The summed E-state index contributed by atoms with van der Waals surface area (Å²) in [4.78, 5) is 14.7. The predicted octanol–water partition coefficient (Wildman–Crippen LogP) is 26.0. The monoisotopic (exact) mass is 1370 g/mol. The van der Waals surface area contributed by atoms with Gasteiger partial charge in [-0.15, -0.1) is 0 Å². The van der Waals surface area contributed by atoms with Crippen LogP contribution in [0.3, 0.4) is 0 Å². The summed E-state index contributed by atoms with van der Waals surface area (Å²) in [6.07, 6.45) is 12.5. The third-order valence-corrected chi connectivity index (χ3v) is 23.2. The highest BCUT2D eigenvalue weighted by molar-refractivity contribution is 6.25. The molecule has 0 atom stereocenters. The van der Waals surface area contributed by atoms with E-state index in [1.807, 2.05) is 60.9 Å². The van der Waals surface area contributed by atoms with Crippen molar-refractivity contribution in [3.8, 4) is 112 Å². The van der Waals surface area contributed by atoms with Gasteiger partial charge in [0.2, 0.25) is 0 Å². The maximum atomic E-state index is 4.93. The molecule has 20 aromatic rings. The van der Waals surface area contributed by atoms with Gasteiger partial charge in [0.15, 0.2) is 0 Å². The van der Waals surface area contributed by atoms with Crippen molar-refractivity contribution in [1.29, 1.82) is 0 Å². The standard InChI is InChI=1S/C52H36N2.C49H34N4/c1-52(2)46-17-9-8-16-40(46)42-30-44-45(31-47(42)52)50(36-22-20-35(21-23-36)48-32-54-27-11-10-18-49(54)53-48)41-26-25-38(33-12-4-3-5-13-33)29-43(41)51(44)39-24-19-34-14-6-7-15-37(34)28-39;1-49(2)41-14-6-5-11-35(41)38-27-39-40(28-42(38)49)48(34-23-19-32(20-24-34)44-30-53-26-10-8-16-46(53)51-44)37-13-4-3-12-36(37)47(39)33-21-17-31(18-22-33)43-29-52-25-9-7-15-45(52)50-43/h3-32H,1-2H3;3-30H,1-2H3. The van der Waals surface area contributed by atoms with Crippen molar-refractivity contribution in [2.45, 2.75) is 38.5 Å². The number of aromatic nitrogens is 6. The van der Waals surface area contributed by atoms with Gasteiger partial charge in [-0.05, 0) is 227 Å². The highest BCUT2D eigenvalue weighted by Gasteiger charge is 2.38. The van der Waals surface area contributed by atoms with Crippen LogP contribution in [0.4, 0.5) is 0 Å². The molecule has 6 aromatic heterocycles. The molecular formula is C101H70N6. The van der Waals surface area contributed by atoms with E-state index in [0.717, 1.165) is 50.7 Å². The van der Waals surface area contributed by atoms with Gasteiger partial charge in [-0.2, -0.15) is 0 Å². The van der Waals surface area contributed by atoms with Crippen LogP contribution in [0, 0.1) is 0 Å². The minimum Gasteiger partial charge on any atom is -0.306 e. The van der Waals surface area contributed by atoms with Crippen LogP contribution in [0.15, 0.2) is 353 Å². The van der Waals surface area contributed by atoms with E-state index in [9.17, 15) is 0 Å². The summed E-state index contributed by atoms with van der Waals surface area (Å²) in [7, 11) is 0. The number of imidazole rings is 3. The smallest absolute Gasteiger partial charge is 0.137 e. The van der Waals surface area contributed by atoms with Crippen molar-refractivity contribution < 1.29 is 0 Å². The minimum absolute atomic E-state index is 0.119.